The molecular weight excluding hydrogens is 470 g/mol. The van der Waals surface area contributed by atoms with E-state index in [4.69, 9.17) is 4.74 Å². The number of aromatic nitrogens is 1. The highest BCUT2D eigenvalue weighted by Crippen LogP contribution is 2.41. The molecule has 0 saturated carbocycles. The number of benzene rings is 1. The Hall–Kier alpha value is -3.02. The molecule has 184 valence electrons. The monoisotopic (exact) mass is 498 g/mol. The van der Waals surface area contributed by atoms with Crippen molar-refractivity contribution in [2.24, 2.45) is 5.41 Å². The van der Waals surface area contributed by atoms with Crippen LogP contribution in [0.15, 0.2) is 41.9 Å². The van der Waals surface area contributed by atoms with Crippen molar-refractivity contribution in [1.29, 1.82) is 0 Å². The summed E-state index contributed by atoms with van der Waals surface area (Å²) in [6, 6.07) is 9.01. The van der Waals surface area contributed by atoms with Crippen molar-refractivity contribution in [3.63, 3.8) is 0 Å². The van der Waals surface area contributed by atoms with E-state index in [0.717, 1.165) is 4.88 Å². The standard InChI is InChI=1S/C27H28F2N2O3S/c1-34-20-6-7-24-22(16-20)25(19(17-28)18-30-24)23(29)8-9-27(26(32)33)10-13-31(14-11-27)12-2-4-21-5-3-15-35-21/h3,5-7,15-16,18,23H,8-14,17H2,1H3,(H,32,33)/t23-/m0/s1. The van der Waals surface area contributed by atoms with Crippen LogP contribution in [0.5, 0.6) is 5.75 Å². The zero-order chi connectivity index (χ0) is 24.8. The summed E-state index contributed by atoms with van der Waals surface area (Å²) in [6.07, 6.45) is 0.877. The topological polar surface area (TPSA) is 62.7 Å². The Morgan fingerprint density at radius 1 is 1.34 bits per heavy atom. The normalized spacial score (nSPS) is 16.4. The molecule has 1 N–H and O–H groups in total. The fraction of sp³-hybridized carbons (Fsp3) is 0.407. The van der Waals surface area contributed by atoms with Gasteiger partial charge in [-0.1, -0.05) is 17.9 Å². The summed E-state index contributed by atoms with van der Waals surface area (Å²) in [7, 11) is 1.51. The number of rotatable bonds is 8. The van der Waals surface area contributed by atoms with Crippen LogP contribution in [0.3, 0.4) is 0 Å². The van der Waals surface area contributed by atoms with E-state index in [2.05, 4.69) is 21.7 Å². The molecule has 0 spiro atoms. The maximum Gasteiger partial charge on any atom is 0.309 e. The molecule has 1 aliphatic heterocycles. The molecule has 5 nitrogen and oxygen atoms in total. The van der Waals surface area contributed by atoms with E-state index in [-0.39, 0.29) is 24.0 Å². The van der Waals surface area contributed by atoms with Gasteiger partial charge in [-0.25, -0.2) is 8.78 Å². The lowest BCUT2D eigenvalue weighted by atomic mass is 9.74. The number of aliphatic carboxylic acids is 1. The number of likely N-dealkylation sites (tertiary alicyclic amines) is 1. The van der Waals surface area contributed by atoms with E-state index in [1.807, 2.05) is 17.5 Å². The number of carboxylic acids is 1. The van der Waals surface area contributed by atoms with Crippen LogP contribution in [-0.2, 0) is 11.5 Å². The number of piperidine rings is 1. The van der Waals surface area contributed by atoms with Crippen LogP contribution >= 0.6 is 11.3 Å². The minimum atomic E-state index is -1.51. The van der Waals surface area contributed by atoms with E-state index in [1.165, 1.54) is 13.3 Å². The van der Waals surface area contributed by atoms with Crippen molar-refractivity contribution in [3.05, 3.63) is 57.9 Å². The molecule has 8 heteroatoms. The van der Waals surface area contributed by atoms with E-state index >= 15 is 4.39 Å². The summed E-state index contributed by atoms with van der Waals surface area (Å²) in [5, 5.41) is 12.5. The number of halogens is 2. The third-order valence-corrected chi connectivity index (χ3v) is 7.62. The molecule has 1 aromatic carbocycles. The molecule has 2 aromatic heterocycles. The van der Waals surface area contributed by atoms with Crippen molar-refractivity contribution in [2.45, 2.75) is 38.5 Å². The lowest BCUT2D eigenvalue weighted by molar-refractivity contribution is -0.152. The van der Waals surface area contributed by atoms with Crippen LogP contribution in [0.2, 0.25) is 0 Å². The Kier molecular flexibility index (Phi) is 7.99. The van der Waals surface area contributed by atoms with Crippen molar-refractivity contribution < 1.29 is 23.4 Å². The molecule has 0 amide bonds. The van der Waals surface area contributed by atoms with Gasteiger partial charge in [0.05, 0.1) is 29.5 Å². The van der Waals surface area contributed by atoms with Gasteiger partial charge in [-0.3, -0.25) is 14.7 Å². The second-order valence-electron chi connectivity index (χ2n) is 8.86. The molecule has 0 aliphatic carbocycles. The quantitative estimate of drug-likeness (QED) is 0.399. The molecule has 1 aliphatic rings. The van der Waals surface area contributed by atoms with Gasteiger partial charge < -0.3 is 9.84 Å². The van der Waals surface area contributed by atoms with E-state index in [1.54, 1.807) is 29.5 Å². The fourth-order valence-electron chi connectivity index (χ4n) is 4.68. The molecule has 3 aromatic rings. The minimum absolute atomic E-state index is 0.00614. The van der Waals surface area contributed by atoms with Gasteiger partial charge in [-0.05, 0) is 55.3 Å². The van der Waals surface area contributed by atoms with E-state index in [0.29, 0.717) is 49.1 Å². The number of alkyl halides is 2. The number of nitrogens with zero attached hydrogens (tertiary/aromatic N) is 2. The number of hydrogen-bond acceptors (Lipinski definition) is 5. The van der Waals surface area contributed by atoms with Crippen LogP contribution in [0, 0.1) is 17.3 Å². The number of carboxylic acid groups (broad SMARTS) is 1. The molecule has 35 heavy (non-hydrogen) atoms. The van der Waals surface area contributed by atoms with Crippen LogP contribution < -0.4 is 4.74 Å². The molecule has 0 unspecified atom stereocenters. The van der Waals surface area contributed by atoms with Crippen LogP contribution in [-0.4, -0.2) is 47.7 Å². The summed E-state index contributed by atoms with van der Waals surface area (Å²) in [5.41, 5.74) is -0.0381. The average molecular weight is 499 g/mol. The molecule has 0 radical (unpaired) electrons. The first-order valence-electron chi connectivity index (χ1n) is 11.6. The smallest absolute Gasteiger partial charge is 0.309 e. The van der Waals surface area contributed by atoms with Crippen molar-refractivity contribution >= 4 is 28.2 Å². The molecule has 1 fully saturated rings. The molecule has 1 atom stereocenters. The lowest BCUT2D eigenvalue weighted by Gasteiger charge is -2.38. The third-order valence-electron chi connectivity index (χ3n) is 6.84. The van der Waals surface area contributed by atoms with Crippen molar-refractivity contribution in [3.8, 4) is 17.6 Å². The maximum atomic E-state index is 15.7. The van der Waals surface area contributed by atoms with Gasteiger partial charge in [0.15, 0.2) is 0 Å². The number of carbonyl (C=O) groups is 1. The van der Waals surface area contributed by atoms with Crippen LogP contribution in [0.4, 0.5) is 8.78 Å². The Bertz CT molecular complexity index is 1220. The van der Waals surface area contributed by atoms with E-state index in [9.17, 15) is 14.3 Å². The van der Waals surface area contributed by atoms with Gasteiger partial charge in [-0.15, -0.1) is 11.3 Å². The Morgan fingerprint density at radius 2 is 2.14 bits per heavy atom. The zero-order valence-corrected chi connectivity index (χ0v) is 20.4. The Morgan fingerprint density at radius 3 is 2.80 bits per heavy atom. The summed E-state index contributed by atoms with van der Waals surface area (Å²) in [6.45, 7) is 0.909. The van der Waals surface area contributed by atoms with Crippen LogP contribution in [0.1, 0.15) is 47.9 Å². The predicted molar refractivity (Wildman–Crippen MR) is 133 cm³/mol. The van der Waals surface area contributed by atoms with Gasteiger partial charge in [-0.2, -0.15) is 0 Å². The highest BCUT2D eigenvalue weighted by Gasteiger charge is 2.41. The molecule has 4 rings (SSSR count). The molecule has 0 bridgehead atoms. The summed E-state index contributed by atoms with van der Waals surface area (Å²) in [4.78, 5) is 19.6. The second kappa shape index (κ2) is 11.1. The number of pyridine rings is 1. The number of ether oxygens (including phenoxy) is 1. The highest BCUT2D eigenvalue weighted by atomic mass is 32.1. The lowest BCUT2D eigenvalue weighted by Crippen LogP contribution is -2.44. The first kappa shape index (κ1) is 25.1. The largest absolute Gasteiger partial charge is 0.497 e. The number of fused-ring (bicyclic) bond motifs is 1. The average Bonchev–Trinajstić information content (AvgIpc) is 3.40. The first-order chi connectivity index (χ1) is 17.0. The van der Waals surface area contributed by atoms with Crippen molar-refractivity contribution in [1.82, 2.24) is 9.88 Å². The minimum Gasteiger partial charge on any atom is -0.497 e. The molecule has 3 heterocycles. The zero-order valence-electron chi connectivity index (χ0n) is 19.6. The van der Waals surface area contributed by atoms with Gasteiger partial charge in [0.2, 0.25) is 0 Å². The highest BCUT2D eigenvalue weighted by molar-refractivity contribution is 7.10. The summed E-state index contributed by atoms with van der Waals surface area (Å²) in [5.74, 6) is 5.90. The summed E-state index contributed by atoms with van der Waals surface area (Å²) >= 11 is 1.59. The third kappa shape index (κ3) is 5.63. The Balaban J connectivity index is 1.46. The van der Waals surface area contributed by atoms with Crippen molar-refractivity contribution in [2.75, 3.05) is 26.7 Å². The van der Waals surface area contributed by atoms with Gasteiger partial charge in [0.25, 0.3) is 0 Å². The van der Waals surface area contributed by atoms with E-state index < -0.39 is 24.2 Å². The number of hydrogen-bond donors (Lipinski definition) is 1. The van der Waals surface area contributed by atoms with Gasteiger partial charge >= 0.3 is 5.97 Å². The van der Waals surface area contributed by atoms with Gasteiger partial charge in [0, 0.05) is 35.8 Å². The summed E-state index contributed by atoms with van der Waals surface area (Å²) < 4.78 is 34.7. The Labute approximate surface area is 207 Å². The number of thiophene rings is 1. The SMILES string of the molecule is COc1ccc2ncc(CF)c([C@@H](F)CCC3(C(=O)O)CCN(CC#Cc4cccs4)CC3)c2c1. The second-order valence-corrected chi connectivity index (χ2v) is 9.81. The number of methoxy groups -OCH3 is 1. The molecular formula is C27H28F2N2O3S. The fourth-order valence-corrected chi connectivity index (χ4v) is 5.27. The first-order valence-corrected chi connectivity index (χ1v) is 12.5. The molecule has 1 saturated heterocycles. The maximum absolute atomic E-state index is 15.7. The van der Waals surface area contributed by atoms with Crippen LogP contribution in [0.25, 0.3) is 10.9 Å². The van der Waals surface area contributed by atoms with Gasteiger partial charge in [0.1, 0.15) is 18.6 Å². The predicted octanol–water partition coefficient (Wildman–Crippen LogP) is 5.78.